The van der Waals surface area contributed by atoms with Crippen LogP contribution in [-0.2, 0) is 13.6 Å². The number of hydrogen-bond acceptors (Lipinski definition) is 4. The summed E-state index contributed by atoms with van der Waals surface area (Å²) in [6.07, 6.45) is 6.90. The number of nitrogens with zero attached hydrogens (tertiary/aromatic N) is 3. The van der Waals surface area contributed by atoms with Crippen molar-refractivity contribution in [1.29, 1.82) is 0 Å². The van der Waals surface area contributed by atoms with Crippen LogP contribution in [0.25, 0.3) is 0 Å². The van der Waals surface area contributed by atoms with Gasteiger partial charge in [0, 0.05) is 19.4 Å². The molecular formula is C16H23N3O2. The van der Waals surface area contributed by atoms with E-state index in [2.05, 4.69) is 16.8 Å². The van der Waals surface area contributed by atoms with E-state index in [0.717, 1.165) is 44.1 Å². The third-order valence-corrected chi connectivity index (χ3v) is 4.54. The highest BCUT2D eigenvalue weighted by molar-refractivity contribution is 5.14. The molecule has 1 N–H and O–H groups in total. The van der Waals surface area contributed by atoms with Crippen LogP contribution in [0.5, 0.6) is 0 Å². The number of likely N-dealkylation sites (tertiary alicyclic amines) is 1. The first-order chi connectivity index (χ1) is 10.1. The lowest BCUT2D eigenvalue weighted by Crippen LogP contribution is -2.35. The minimum atomic E-state index is -0.461. The minimum Gasteiger partial charge on any atom is -0.468 e. The molecule has 1 aliphatic heterocycles. The van der Waals surface area contributed by atoms with Crippen LogP contribution in [0.15, 0.2) is 29.1 Å². The normalized spacial score (nSPS) is 19.0. The van der Waals surface area contributed by atoms with Crippen LogP contribution >= 0.6 is 0 Å². The first-order valence-electron chi connectivity index (χ1n) is 7.55. The standard InChI is InChI=1S/C16H23N3O2/c1-12-5-10-21-14(12)11-19-7-3-13(4-8-19)15(20)16-17-6-9-18(16)2/h5-6,9-10,13,15,20H,3-4,7-8,11H2,1-2H3. The average molecular weight is 289 g/mol. The Morgan fingerprint density at radius 3 is 2.76 bits per heavy atom. The number of furan rings is 1. The third-order valence-electron chi connectivity index (χ3n) is 4.54. The van der Waals surface area contributed by atoms with Gasteiger partial charge < -0.3 is 14.1 Å². The molecule has 2 aromatic rings. The predicted octanol–water partition coefficient (Wildman–Crippen LogP) is 2.27. The molecule has 0 aromatic carbocycles. The molecule has 2 aromatic heterocycles. The maximum atomic E-state index is 10.5. The fraction of sp³-hybridized carbons (Fsp3) is 0.562. The minimum absolute atomic E-state index is 0.292. The number of rotatable bonds is 4. The van der Waals surface area contributed by atoms with E-state index in [1.54, 1.807) is 12.5 Å². The molecule has 1 saturated heterocycles. The Balaban J connectivity index is 1.55. The predicted molar refractivity (Wildman–Crippen MR) is 79.6 cm³/mol. The van der Waals surface area contributed by atoms with Crippen molar-refractivity contribution in [3.63, 3.8) is 0 Å². The number of hydrogen-bond donors (Lipinski definition) is 1. The molecule has 1 fully saturated rings. The number of aryl methyl sites for hydroxylation is 2. The van der Waals surface area contributed by atoms with Crippen molar-refractivity contribution in [2.75, 3.05) is 13.1 Å². The number of aliphatic hydroxyl groups excluding tert-OH is 1. The van der Waals surface area contributed by atoms with E-state index < -0.39 is 6.10 Å². The zero-order valence-electron chi connectivity index (χ0n) is 12.7. The van der Waals surface area contributed by atoms with E-state index in [0.29, 0.717) is 5.92 Å². The number of aliphatic hydroxyl groups is 1. The van der Waals surface area contributed by atoms with Crippen LogP contribution in [0.2, 0.25) is 0 Å². The Bertz CT molecular complexity index is 582. The lowest BCUT2D eigenvalue weighted by atomic mass is 9.90. The van der Waals surface area contributed by atoms with E-state index in [1.807, 2.05) is 23.9 Å². The second-order valence-electron chi connectivity index (χ2n) is 5.98. The topological polar surface area (TPSA) is 54.4 Å². The molecule has 21 heavy (non-hydrogen) atoms. The van der Waals surface area contributed by atoms with E-state index in [9.17, 15) is 5.11 Å². The van der Waals surface area contributed by atoms with Gasteiger partial charge in [-0.3, -0.25) is 4.90 Å². The summed E-state index contributed by atoms with van der Waals surface area (Å²) < 4.78 is 7.42. The fourth-order valence-electron chi connectivity index (χ4n) is 3.07. The monoisotopic (exact) mass is 289 g/mol. The van der Waals surface area contributed by atoms with E-state index >= 15 is 0 Å². The molecule has 0 aliphatic carbocycles. The molecule has 3 rings (SSSR count). The molecule has 0 saturated carbocycles. The van der Waals surface area contributed by atoms with Crippen molar-refractivity contribution in [2.24, 2.45) is 13.0 Å². The zero-order valence-corrected chi connectivity index (χ0v) is 12.7. The van der Waals surface area contributed by atoms with Gasteiger partial charge in [-0.2, -0.15) is 0 Å². The Morgan fingerprint density at radius 2 is 2.19 bits per heavy atom. The van der Waals surface area contributed by atoms with E-state index in [4.69, 9.17) is 4.42 Å². The zero-order chi connectivity index (χ0) is 14.8. The molecule has 1 atom stereocenters. The van der Waals surface area contributed by atoms with Crippen molar-refractivity contribution in [3.05, 3.63) is 41.9 Å². The Morgan fingerprint density at radius 1 is 1.43 bits per heavy atom. The van der Waals surface area contributed by atoms with Crippen molar-refractivity contribution < 1.29 is 9.52 Å². The quantitative estimate of drug-likeness (QED) is 0.938. The van der Waals surface area contributed by atoms with Crippen molar-refractivity contribution in [2.45, 2.75) is 32.4 Å². The van der Waals surface area contributed by atoms with E-state index in [-0.39, 0.29) is 0 Å². The van der Waals surface area contributed by atoms with Crippen LogP contribution in [0.1, 0.15) is 36.1 Å². The summed E-state index contributed by atoms with van der Waals surface area (Å²) in [6, 6.07) is 2.01. The molecule has 5 heteroatoms. The summed E-state index contributed by atoms with van der Waals surface area (Å²) in [7, 11) is 1.93. The molecule has 1 aliphatic rings. The Hall–Kier alpha value is -1.59. The molecule has 3 heterocycles. The van der Waals surface area contributed by atoms with Gasteiger partial charge in [-0.05, 0) is 50.4 Å². The highest BCUT2D eigenvalue weighted by Crippen LogP contribution is 2.30. The molecule has 0 bridgehead atoms. The van der Waals surface area contributed by atoms with Crippen LogP contribution in [-0.4, -0.2) is 32.6 Å². The van der Waals surface area contributed by atoms with Crippen molar-refractivity contribution in [1.82, 2.24) is 14.5 Å². The molecule has 114 valence electrons. The fourth-order valence-corrected chi connectivity index (χ4v) is 3.07. The molecule has 0 amide bonds. The summed E-state index contributed by atoms with van der Waals surface area (Å²) in [5, 5.41) is 10.5. The maximum Gasteiger partial charge on any atom is 0.137 e. The van der Waals surface area contributed by atoms with Gasteiger partial charge >= 0.3 is 0 Å². The summed E-state index contributed by atoms with van der Waals surface area (Å²) in [4.78, 5) is 6.66. The SMILES string of the molecule is Cc1ccoc1CN1CCC(C(O)c2nccn2C)CC1. The van der Waals surface area contributed by atoms with Gasteiger partial charge in [0.2, 0.25) is 0 Å². The average Bonchev–Trinajstić information content (AvgIpc) is 3.08. The Kier molecular flexibility index (Phi) is 4.12. The molecular weight excluding hydrogens is 266 g/mol. The molecule has 0 spiro atoms. The summed E-state index contributed by atoms with van der Waals surface area (Å²) in [6.45, 7) is 4.93. The second kappa shape index (κ2) is 6.03. The number of aromatic nitrogens is 2. The highest BCUT2D eigenvalue weighted by atomic mass is 16.3. The third kappa shape index (κ3) is 3.04. The van der Waals surface area contributed by atoms with Gasteiger partial charge in [0.25, 0.3) is 0 Å². The van der Waals surface area contributed by atoms with Gasteiger partial charge in [-0.15, -0.1) is 0 Å². The molecule has 0 radical (unpaired) electrons. The van der Waals surface area contributed by atoms with Crippen LogP contribution in [0.4, 0.5) is 0 Å². The smallest absolute Gasteiger partial charge is 0.137 e. The van der Waals surface area contributed by atoms with Crippen LogP contribution < -0.4 is 0 Å². The number of imidazole rings is 1. The highest BCUT2D eigenvalue weighted by Gasteiger charge is 2.28. The number of piperidine rings is 1. The maximum absolute atomic E-state index is 10.5. The second-order valence-corrected chi connectivity index (χ2v) is 5.98. The Labute approximate surface area is 125 Å². The molecule has 5 nitrogen and oxygen atoms in total. The lowest BCUT2D eigenvalue weighted by molar-refractivity contribution is 0.0475. The summed E-state index contributed by atoms with van der Waals surface area (Å²) in [5.41, 5.74) is 1.21. The lowest BCUT2D eigenvalue weighted by Gasteiger charge is -2.33. The van der Waals surface area contributed by atoms with Crippen molar-refractivity contribution in [3.8, 4) is 0 Å². The molecule has 1 unspecified atom stereocenters. The van der Waals surface area contributed by atoms with Gasteiger partial charge in [0.05, 0.1) is 12.8 Å². The van der Waals surface area contributed by atoms with Gasteiger partial charge in [-0.1, -0.05) is 0 Å². The summed E-state index contributed by atoms with van der Waals surface area (Å²) >= 11 is 0. The van der Waals surface area contributed by atoms with Gasteiger partial charge in [0.1, 0.15) is 17.7 Å². The van der Waals surface area contributed by atoms with Crippen LogP contribution in [0, 0.1) is 12.8 Å². The van der Waals surface area contributed by atoms with Crippen molar-refractivity contribution >= 4 is 0 Å². The van der Waals surface area contributed by atoms with E-state index in [1.165, 1.54) is 5.56 Å². The van der Waals surface area contributed by atoms with Gasteiger partial charge in [0.15, 0.2) is 0 Å². The van der Waals surface area contributed by atoms with Gasteiger partial charge in [-0.25, -0.2) is 4.98 Å². The first kappa shape index (κ1) is 14.4. The summed E-state index contributed by atoms with van der Waals surface area (Å²) in [5.74, 6) is 2.12. The van der Waals surface area contributed by atoms with Crippen LogP contribution in [0.3, 0.4) is 0 Å². The largest absolute Gasteiger partial charge is 0.468 e. The first-order valence-corrected chi connectivity index (χ1v) is 7.55.